The molecule has 0 heterocycles. The predicted octanol–water partition coefficient (Wildman–Crippen LogP) is 2.77. The van der Waals surface area contributed by atoms with Crippen LogP contribution in [0.3, 0.4) is 0 Å². The largest absolute Gasteiger partial charge is 0.478 e. The Morgan fingerprint density at radius 3 is 2.55 bits per heavy atom. The van der Waals surface area contributed by atoms with Gasteiger partial charge in [-0.05, 0) is 43.5 Å². The average Bonchev–Trinajstić information content (AvgIpc) is 2.51. The smallest absolute Gasteiger partial charge is 0.335 e. The summed E-state index contributed by atoms with van der Waals surface area (Å²) >= 11 is 0. The van der Waals surface area contributed by atoms with E-state index >= 15 is 0 Å². The van der Waals surface area contributed by atoms with E-state index in [2.05, 4.69) is 5.32 Å². The van der Waals surface area contributed by atoms with Gasteiger partial charge in [0.1, 0.15) is 0 Å². The summed E-state index contributed by atoms with van der Waals surface area (Å²) in [5.74, 6) is -1.29. The zero-order chi connectivity index (χ0) is 15.9. The zero-order valence-electron chi connectivity index (χ0n) is 12.9. The first-order valence-corrected chi connectivity index (χ1v) is 7.81. The van der Waals surface area contributed by atoms with Crippen molar-refractivity contribution in [2.45, 2.75) is 45.1 Å². The van der Waals surface area contributed by atoms with Crippen LogP contribution in [0.15, 0.2) is 18.2 Å². The summed E-state index contributed by atoms with van der Waals surface area (Å²) in [6.45, 7) is 2.70. The van der Waals surface area contributed by atoms with Crippen molar-refractivity contribution < 1.29 is 19.4 Å². The van der Waals surface area contributed by atoms with Crippen molar-refractivity contribution in [3.05, 3.63) is 34.9 Å². The number of carboxylic acids is 1. The normalized spacial score (nSPS) is 15.5. The lowest BCUT2D eigenvalue weighted by molar-refractivity contribution is 0.0299. The minimum absolute atomic E-state index is 0.128. The van der Waals surface area contributed by atoms with Crippen molar-refractivity contribution in [1.82, 2.24) is 5.32 Å². The van der Waals surface area contributed by atoms with Crippen LogP contribution in [0.5, 0.6) is 0 Å². The Morgan fingerprint density at radius 2 is 1.86 bits per heavy atom. The molecule has 0 atom stereocenters. The Balaban J connectivity index is 1.80. The fourth-order valence-electron chi connectivity index (χ4n) is 2.76. The third-order valence-electron chi connectivity index (χ3n) is 3.88. The van der Waals surface area contributed by atoms with Gasteiger partial charge in [-0.25, -0.2) is 4.79 Å². The van der Waals surface area contributed by atoms with Crippen molar-refractivity contribution in [1.29, 1.82) is 0 Å². The number of ether oxygens (including phenoxy) is 1. The number of amides is 1. The van der Waals surface area contributed by atoms with Crippen molar-refractivity contribution in [3.8, 4) is 0 Å². The molecule has 2 N–H and O–H groups in total. The molecule has 1 saturated carbocycles. The second-order valence-corrected chi connectivity index (χ2v) is 5.78. The van der Waals surface area contributed by atoms with Gasteiger partial charge in [-0.3, -0.25) is 4.79 Å². The van der Waals surface area contributed by atoms with E-state index in [1.165, 1.54) is 25.3 Å². The second-order valence-electron chi connectivity index (χ2n) is 5.78. The quantitative estimate of drug-likeness (QED) is 0.792. The van der Waals surface area contributed by atoms with Crippen LogP contribution >= 0.6 is 0 Å². The number of rotatable bonds is 6. The standard InChI is InChI=1S/C17H23NO4/c1-12-9-13(11-14(10-12)17(20)21)16(19)18-7-8-22-15-5-3-2-4-6-15/h9-11,15H,2-8H2,1H3,(H,18,19)(H,20,21). The number of nitrogens with one attached hydrogen (secondary N) is 1. The van der Waals surface area contributed by atoms with Crippen molar-refractivity contribution in [2.24, 2.45) is 0 Å². The fourth-order valence-corrected chi connectivity index (χ4v) is 2.76. The topological polar surface area (TPSA) is 75.6 Å². The molecule has 1 amide bonds. The third-order valence-corrected chi connectivity index (χ3v) is 3.88. The van der Waals surface area contributed by atoms with E-state index in [1.54, 1.807) is 19.1 Å². The summed E-state index contributed by atoms with van der Waals surface area (Å²) in [5, 5.41) is 11.8. The lowest BCUT2D eigenvalue weighted by Gasteiger charge is -2.22. The molecule has 5 heteroatoms. The van der Waals surface area contributed by atoms with Gasteiger partial charge in [-0.2, -0.15) is 0 Å². The molecule has 2 rings (SSSR count). The van der Waals surface area contributed by atoms with Gasteiger partial charge in [0, 0.05) is 12.1 Å². The van der Waals surface area contributed by atoms with Crippen molar-refractivity contribution in [2.75, 3.05) is 13.2 Å². The van der Waals surface area contributed by atoms with Crippen LogP contribution in [-0.2, 0) is 4.74 Å². The van der Waals surface area contributed by atoms with Crippen LogP contribution in [0.25, 0.3) is 0 Å². The number of carbonyl (C=O) groups is 2. The highest BCUT2D eigenvalue weighted by molar-refractivity contribution is 5.97. The number of benzene rings is 1. The van der Waals surface area contributed by atoms with Crippen LogP contribution in [0.1, 0.15) is 58.4 Å². The van der Waals surface area contributed by atoms with Gasteiger partial charge in [-0.1, -0.05) is 19.3 Å². The Hall–Kier alpha value is -1.88. The predicted molar refractivity (Wildman–Crippen MR) is 83.3 cm³/mol. The van der Waals surface area contributed by atoms with Crippen LogP contribution in [0.4, 0.5) is 0 Å². The molecule has 1 aromatic carbocycles. The Morgan fingerprint density at radius 1 is 1.18 bits per heavy atom. The molecular formula is C17H23NO4. The van der Waals surface area contributed by atoms with E-state index in [4.69, 9.17) is 9.84 Å². The first kappa shape index (κ1) is 16.5. The fraction of sp³-hybridized carbons (Fsp3) is 0.529. The molecule has 5 nitrogen and oxygen atoms in total. The molecule has 0 bridgehead atoms. The minimum atomic E-state index is -1.03. The van der Waals surface area contributed by atoms with Gasteiger partial charge in [-0.15, -0.1) is 0 Å². The Bertz CT molecular complexity index is 535. The number of carboxylic acid groups (broad SMARTS) is 1. The van der Waals surface area contributed by atoms with Crippen LogP contribution in [0, 0.1) is 6.92 Å². The van der Waals surface area contributed by atoms with E-state index in [9.17, 15) is 9.59 Å². The summed E-state index contributed by atoms with van der Waals surface area (Å²) in [6.07, 6.45) is 6.26. The van der Waals surface area contributed by atoms with Gasteiger partial charge in [0.2, 0.25) is 0 Å². The van der Waals surface area contributed by atoms with Gasteiger partial charge >= 0.3 is 5.97 Å². The number of aryl methyl sites for hydroxylation is 1. The van der Waals surface area contributed by atoms with Crippen LogP contribution in [0.2, 0.25) is 0 Å². The average molecular weight is 305 g/mol. The monoisotopic (exact) mass is 305 g/mol. The highest BCUT2D eigenvalue weighted by Gasteiger charge is 2.14. The number of carbonyl (C=O) groups excluding carboxylic acids is 1. The lowest BCUT2D eigenvalue weighted by atomic mass is 9.98. The van der Waals surface area contributed by atoms with E-state index in [1.807, 2.05) is 0 Å². The van der Waals surface area contributed by atoms with Crippen molar-refractivity contribution in [3.63, 3.8) is 0 Å². The molecule has 120 valence electrons. The maximum atomic E-state index is 12.1. The van der Waals surface area contributed by atoms with Crippen LogP contribution in [-0.4, -0.2) is 36.2 Å². The first-order chi connectivity index (χ1) is 10.6. The molecule has 0 aromatic heterocycles. The van der Waals surface area contributed by atoms with Gasteiger partial charge in [0.25, 0.3) is 5.91 Å². The molecule has 0 saturated heterocycles. The molecule has 0 unspecified atom stereocenters. The summed E-state index contributed by atoms with van der Waals surface area (Å²) in [5.41, 5.74) is 1.25. The van der Waals surface area contributed by atoms with Crippen molar-refractivity contribution >= 4 is 11.9 Å². The van der Waals surface area contributed by atoms with E-state index in [-0.39, 0.29) is 11.5 Å². The molecule has 1 aliphatic carbocycles. The molecule has 0 aliphatic heterocycles. The SMILES string of the molecule is Cc1cc(C(=O)O)cc(C(=O)NCCOC2CCCCC2)c1. The van der Waals surface area contributed by atoms with Crippen LogP contribution < -0.4 is 5.32 Å². The molecule has 1 fully saturated rings. The maximum Gasteiger partial charge on any atom is 0.335 e. The molecular weight excluding hydrogens is 282 g/mol. The Labute approximate surface area is 130 Å². The first-order valence-electron chi connectivity index (χ1n) is 7.81. The molecule has 0 spiro atoms. The summed E-state index contributed by atoms with van der Waals surface area (Å²) in [6, 6.07) is 4.63. The number of hydrogen-bond donors (Lipinski definition) is 2. The highest BCUT2D eigenvalue weighted by Crippen LogP contribution is 2.19. The lowest BCUT2D eigenvalue weighted by Crippen LogP contribution is -2.29. The van der Waals surface area contributed by atoms with E-state index < -0.39 is 5.97 Å². The molecule has 1 aromatic rings. The second kappa shape index (κ2) is 7.94. The Kier molecular flexibility index (Phi) is 5.95. The van der Waals surface area contributed by atoms with Gasteiger partial charge in [0.15, 0.2) is 0 Å². The summed E-state index contributed by atoms with van der Waals surface area (Å²) < 4.78 is 5.75. The summed E-state index contributed by atoms with van der Waals surface area (Å²) in [4.78, 5) is 23.1. The molecule has 0 radical (unpaired) electrons. The number of aromatic carboxylic acids is 1. The zero-order valence-corrected chi connectivity index (χ0v) is 12.9. The van der Waals surface area contributed by atoms with Gasteiger partial charge in [0.05, 0.1) is 18.3 Å². The third kappa shape index (κ3) is 4.84. The highest BCUT2D eigenvalue weighted by atomic mass is 16.5. The summed E-state index contributed by atoms with van der Waals surface area (Å²) in [7, 11) is 0. The van der Waals surface area contributed by atoms with E-state index in [0.717, 1.165) is 18.4 Å². The van der Waals surface area contributed by atoms with Gasteiger partial charge < -0.3 is 15.2 Å². The maximum absolute atomic E-state index is 12.1. The van der Waals surface area contributed by atoms with E-state index in [0.29, 0.717) is 24.8 Å². The molecule has 1 aliphatic rings. The number of hydrogen-bond acceptors (Lipinski definition) is 3. The minimum Gasteiger partial charge on any atom is -0.478 e. The molecule has 22 heavy (non-hydrogen) atoms.